The summed E-state index contributed by atoms with van der Waals surface area (Å²) in [6, 6.07) is -0.197. The first-order valence-corrected chi connectivity index (χ1v) is 3.51. The molecule has 1 unspecified atom stereocenters. The molecular weight excluding hydrogens is 138 g/mol. The SMILES string of the molecule is C#CC(C)NC(=O)/C(C)=C\C. The lowest BCUT2D eigenvalue weighted by molar-refractivity contribution is -0.117. The van der Waals surface area contributed by atoms with Crippen molar-refractivity contribution < 1.29 is 4.79 Å². The lowest BCUT2D eigenvalue weighted by atomic mass is 10.2. The molecule has 0 saturated heterocycles. The molecule has 1 amide bonds. The van der Waals surface area contributed by atoms with Crippen molar-refractivity contribution in [3.8, 4) is 12.3 Å². The van der Waals surface area contributed by atoms with Crippen molar-refractivity contribution >= 4 is 5.91 Å². The largest absolute Gasteiger partial charge is 0.339 e. The standard InChI is InChI=1S/C9H13NO/c1-5-7(3)9(11)10-8(4)6-2/h2,5,8H,1,3-4H3,(H,10,11)/b7-5-. The summed E-state index contributed by atoms with van der Waals surface area (Å²) >= 11 is 0. The third kappa shape index (κ3) is 3.47. The Hall–Kier alpha value is -1.23. The molecule has 0 radical (unpaired) electrons. The number of carbonyl (C=O) groups excluding carboxylic acids is 1. The van der Waals surface area contributed by atoms with E-state index in [1.165, 1.54) is 0 Å². The molecule has 1 atom stereocenters. The topological polar surface area (TPSA) is 29.1 Å². The van der Waals surface area contributed by atoms with Gasteiger partial charge < -0.3 is 5.32 Å². The van der Waals surface area contributed by atoms with Gasteiger partial charge in [0.05, 0.1) is 6.04 Å². The second kappa shape index (κ2) is 4.56. The Morgan fingerprint density at radius 3 is 2.64 bits per heavy atom. The van der Waals surface area contributed by atoms with E-state index < -0.39 is 0 Å². The molecule has 0 aliphatic heterocycles. The minimum Gasteiger partial charge on any atom is -0.339 e. The number of carbonyl (C=O) groups is 1. The van der Waals surface area contributed by atoms with Crippen molar-refractivity contribution in [2.24, 2.45) is 0 Å². The first-order chi connectivity index (χ1) is 5.11. The second-order valence-electron chi connectivity index (χ2n) is 2.33. The predicted octanol–water partition coefficient (Wildman–Crippen LogP) is 1.09. The second-order valence-corrected chi connectivity index (χ2v) is 2.33. The molecule has 1 N–H and O–H groups in total. The molecule has 60 valence electrons. The molecule has 0 heterocycles. The van der Waals surface area contributed by atoms with Gasteiger partial charge in [0.2, 0.25) is 5.91 Å². The van der Waals surface area contributed by atoms with Crippen LogP contribution in [0.4, 0.5) is 0 Å². The van der Waals surface area contributed by atoms with Crippen LogP contribution in [0, 0.1) is 12.3 Å². The maximum absolute atomic E-state index is 11.1. The van der Waals surface area contributed by atoms with Crippen molar-refractivity contribution in [3.05, 3.63) is 11.6 Å². The third-order valence-corrected chi connectivity index (χ3v) is 1.39. The van der Waals surface area contributed by atoms with Gasteiger partial charge in [-0.1, -0.05) is 12.0 Å². The zero-order valence-corrected chi connectivity index (χ0v) is 7.14. The first-order valence-electron chi connectivity index (χ1n) is 3.51. The van der Waals surface area contributed by atoms with Crippen molar-refractivity contribution in [1.82, 2.24) is 5.32 Å². The van der Waals surface area contributed by atoms with Crippen LogP contribution in [0.25, 0.3) is 0 Å². The van der Waals surface area contributed by atoms with Crippen LogP contribution in [0.15, 0.2) is 11.6 Å². The molecule has 0 spiro atoms. The Labute approximate surface area is 67.7 Å². The fourth-order valence-corrected chi connectivity index (χ4v) is 0.483. The third-order valence-electron chi connectivity index (χ3n) is 1.39. The number of rotatable bonds is 2. The van der Waals surface area contributed by atoms with Gasteiger partial charge in [0.25, 0.3) is 0 Å². The van der Waals surface area contributed by atoms with E-state index in [1.807, 2.05) is 6.92 Å². The summed E-state index contributed by atoms with van der Waals surface area (Å²) < 4.78 is 0. The van der Waals surface area contributed by atoms with E-state index in [9.17, 15) is 4.79 Å². The van der Waals surface area contributed by atoms with Gasteiger partial charge in [-0.15, -0.1) is 6.42 Å². The van der Waals surface area contributed by atoms with Crippen LogP contribution in [-0.4, -0.2) is 11.9 Å². The summed E-state index contributed by atoms with van der Waals surface area (Å²) in [5.74, 6) is 2.32. The Morgan fingerprint density at radius 2 is 2.27 bits per heavy atom. The lowest BCUT2D eigenvalue weighted by Gasteiger charge is -2.06. The Morgan fingerprint density at radius 1 is 1.73 bits per heavy atom. The maximum Gasteiger partial charge on any atom is 0.247 e. The zero-order chi connectivity index (χ0) is 8.85. The number of terminal acetylenes is 1. The lowest BCUT2D eigenvalue weighted by Crippen LogP contribution is -2.31. The van der Waals surface area contributed by atoms with Crippen molar-refractivity contribution in [1.29, 1.82) is 0 Å². The number of hydrogen-bond donors (Lipinski definition) is 1. The first kappa shape index (κ1) is 9.77. The number of hydrogen-bond acceptors (Lipinski definition) is 1. The Bertz CT molecular complexity index is 210. The summed E-state index contributed by atoms with van der Waals surface area (Å²) in [6.07, 6.45) is 6.83. The molecule has 11 heavy (non-hydrogen) atoms. The summed E-state index contributed by atoms with van der Waals surface area (Å²) in [5, 5.41) is 2.64. The quantitative estimate of drug-likeness (QED) is 0.464. The van der Waals surface area contributed by atoms with Crippen LogP contribution in [0.1, 0.15) is 20.8 Å². The number of amides is 1. The van der Waals surface area contributed by atoms with E-state index in [4.69, 9.17) is 6.42 Å². The van der Waals surface area contributed by atoms with Crippen LogP contribution in [0.5, 0.6) is 0 Å². The summed E-state index contributed by atoms with van der Waals surface area (Å²) in [5.41, 5.74) is 0.687. The highest BCUT2D eigenvalue weighted by Crippen LogP contribution is 1.91. The molecule has 0 aromatic heterocycles. The minimum absolute atomic E-state index is 0.0991. The molecule has 0 saturated carbocycles. The van der Waals surface area contributed by atoms with Crippen LogP contribution in [-0.2, 0) is 4.79 Å². The van der Waals surface area contributed by atoms with Gasteiger partial charge in [-0.3, -0.25) is 4.79 Å². The van der Waals surface area contributed by atoms with Gasteiger partial charge in [-0.25, -0.2) is 0 Å². The average Bonchev–Trinajstić information content (AvgIpc) is 2.02. The highest BCUT2D eigenvalue weighted by atomic mass is 16.1. The number of allylic oxidation sites excluding steroid dienone is 1. The smallest absolute Gasteiger partial charge is 0.247 e. The molecular formula is C9H13NO. The van der Waals surface area contributed by atoms with E-state index >= 15 is 0 Å². The molecule has 0 aliphatic rings. The van der Waals surface area contributed by atoms with E-state index in [0.717, 1.165) is 0 Å². The van der Waals surface area contributed by atoms with Gasteiger partial charge in [0.15, 0.2) is 0 Å². The van der Waals surface area contributed by atoms with Crippen LogP contribution in [0.3, 0.4) is 0 Å². The number of nitrogens with one attached hydrogen (secondary N) is 1. The van der Waals surface area contributed by atoms with Crippen LogP contribution >= 0.6 is 0 Å². The van der Waals surface area contributed by atoms with Crippen molar-refractivity contribution in [3.63, 3.8) is 0 Å². The summed E-state index contributed by atoms with van der Waals surface area (Å²) in [4.78, 5) is 11.1. The molecule has 2 heteroatoms. The molecule has 0 rings (SSSR count). The molecule has 0 fully saturated rings. The predicted molar refractivity (Wildman–Crippen MR) is 45.9 cm³/mol. The van der Waals surface area contributed by atoms with E-state index in [-0.39, 0.29) is 11.9 Å². The molecule has 0 aliphatic carbocycles. The molecule has 0 bridgehead atoms. The monoisotopic (exact) mass is 151 g/mol. The fourth-order valence-electron chi connectivity index (χ4n) is 0.483. The zero-order valence-electron chi connectivity index (χ0n) is 7.14. The van der Waals surface area contributed by atoms with Crippen LogP contribution in [0.2, 0.25) is 0 Å². The minimum atomic E-state index is -0.197. The average molecular weight is 151 g/mol. The van der Waals surface area contributed by atoms with Gasteiger partial charge >= 0.3 is 0 Å². The van der Waals surface area contributed by atoms with E-state index in [1.54, 1.807) is 19.9 Å². The molecule has 2 nitrogen and oxygen atoms in total. The highest BCUT2D eigenvalue weighted by molar-refractivity contribution is 5.93. The normalized spacial score (nSPS) is 13.5. The Balaban J connectivity index is 4.01. The molecule has 0 aromatic carbocycles. The molecule has 0 aromatic rings. The summed E-state index contributed by atoms with van der Waals surface area (Å²) in [7, 11) is 0. The van der Waals surface area contributed by atoms with Gasteiger partial charge in [-0.05, 0) is 20.8 Å². The van der Waals surface area contributed by atoms with Gasteiger partial charge in [0.1, 0.15) is 0 Å². The van der Waals surface area contributed by atoms with Crippen molar-refractivity contribution in [2.75, 3.05) is 0 Å². The maximum atomic E-state index is 11.1. The van der Waals surface area contributed by atoms with Gasteiger partial charge in [-0.2, -0.15) is 0 Å². The highest BCUT2D eigenvalue weighted by Gasteiger charge is 2.04. The van der Waals surface area contributed by atoms with Crippen LogP contribution < -0.4 is 5.32 Å². The van der Waals surface area contributed by atoms with E-state index in [2.05, 4.69) is 11.2 Å². The van der Waals surface area contributed by atoms with Gasteiger partial charge in [0, 0.05) is 5.57 Å². The summed E-state index contributed by atoms with van der Waals surface area (Å²) in [6.45, 7) is 5.33. The fraction of sp³-hybridized carbons (Fsp3) is 0.444. The Kier molecular flexibility index (Phi) is 4.05. The van der Waals surface area contributed by atoms with E-state index in [0.29, 0.717) is 5.57 Å². The van der Waals surface area contributed by atoms with Crippen molar-refractivity contribution in [2.45, 2.75) is 26.8 Å².